The van der Waals surface area contributed by atoms with E-state index in [-0.39, 0.29) is 11.9 Å². The first-order valence-electron chi connectivity index (χ1n) is 7.24. The Hall–Kier alpha value is -1.69. The van der Waals surface area contributed by atoms with E-state index in [1.54, 1.807) is 18.3 Å². The van der Waals surface area contributed by atoms with E-state index in [1.807, 2.05) is 24.1 Å². The van der Waals surface area contributed by atoms with Crippen LogP contribution in [0, 0.1) is 20.8 Å². The molecule has 2 aromatic heterocycles. The largest absolute Gasteiger partial charge is 0.361 e. The number of hydrogen-bond donors (Lipinski definition) is 0. The molecule has 1 atom stereocenters. The lowest BCUT2D eigenvalue weighted by Gasteiger charge is -2.34. The van der Waals surface area contributed by atoms with Gasteiger partial charge in [0.15, 0.2) is 0 Å². The molecule has 5 nitrogen and oxygen atoms in total. The van der Waals surface area contributed by atoms with Gasteiger partial charge in [-0.3, -0.25) is 4.79 Å². The van der Waals surface area contributed by atoms with Crippen molar-refractivity contribution >= 4 is 17.2 Å². The quantitative estimate of drug-likeness (QED) is 0.853. The number of rotatable bonds is 2. The molecule has 1 aliphatic rings. The van der Waals surface area contributed by atoms with Crippen molar-refractivity contribution in [2.45, 2.75) is 46.1 Å². The molecule has 0 spiro atoms. The standard InChI is InChI=1S/C15H19N3O2S/c1-9-8-21-14(16-9)12-6-4-5-7-18(12)15(19)13-10(2)17-20-11(13)3/h8,12H,4-7H2,1-3H3/t12-/m1/s1. The van der Waals surface area contributed by atoms with Crippen molar-refractivity contribution in [1.29, 1.82) is 0 Å². The van der Waals surface area contributed by atoms with Gasteiger partial charge in [-0.25, -0.2) is 4.98 Å². The lowest BCUT2D eigenvalue weighted by atomic mass is 10.0. The third-order valence-electron chi connectivity index (χ3n) is 3.93. The van der Waals surface area contributed by atoms with Gasteiger partial charge in [-0.1, -0.05) is 5.16 Å². The third kappa shape index (κ3) is 2.60. The molecule has 112 valence electrons. The summed E-state index contributed by atoms with van der Waals surface area (Å²) in [4.78, 5) is 19.4. The normalized spacial score (nSPS) is 19.0. The summed E-state index contributed by atoms with van der Waals surface area (Å²) in [5, 5.41) is 6.98. The molecule has 0 unspecified atom stereocenters. The Morgan fingerprint density at radius 3 is 2.81 bits per heavy atom. The molecular weight excluding hydrogens is 286 g/mol. The number of amides is 1. The molecule has 3 heterocycles. The first-order valence-corrected chi connectivity index (χ1v) is 8.11. The Balaban J connectivity index is 1.93. The second-order valence-electron chi connectivity index (χ2n) is 5.54. The van der Waals surface area contributed by atoms with Gasteiger partial charge in [-0.15, -0.1) is 11.3 Å². The van der Waals surface area contributed by atoms with Gasteiger partial charge in [0.05, 0.1) is 11.7 Å². The number of carbonyl (C=O) groups is 1. The lowest BCUT2D eigenvalue weighted by molar-refractivity contribution is 0.0608. The molecule has 0 aliphatic carbocycles. The molecule has 6 heteroatoms. The smallest absolute Gasteiger partial charge is 0.259 e. The number of likely N-dealkylation sites (tertiary alicyclic amines) is 1. The SMILES string of the molecule is Cc1csc([C@H]2CCCCN2C(=O)c2c(C)noc2C)n1. The number of hydrogen-bond acceptors (Lipinski definition) is 5. The highest BCUT2D eigenvalue weighted by Gasteiger charge is 2.33. The first kappa shape index (κ1) is 14.3. The van der Waals surface area contributed by atoms with Gasteiger partial charge in [0.2, 0.25) is 0 Å². The minimum absolute atomic E-state index is 0.0174. The van der Waals surface area contributed by atoms with Crippen LogP contribution in [0.2, 0.25) is 0 Å². The fourth-order valence-corrected chi connectivity index (χ4v) is 3.83. The number of thiazole rings is 1. The predicted molar refractivity (Wildman–Crippen MR) is 80.5 cm³/mol. The molecule has 3 rings (SSSR count). The van der Waals surface area contributed by atoms with Crippen molar-refractivity contribution < 1.29 is 9.32 Å². The summed E-state index contributed by atoms with van der Waals surface area (Å²) in [6.07, 6.45) is 3.15. The average Bonchev–Trinajstić information content (AvgIpc) is 3.05. The Kier molecular flexibility index (Phi) is 3.80. The zero-order chi connectivity index (χ0) is 15.0. The second-order valence-corrected chi connectivity index (χ2v) is 6.43. The molecule has 0 radical (unpaired) electrons. The maximum atomic E-state index is 12.9. The third-order valence-corrected chi connectivity index (χ3v) is 5.00. The fourth-order valence-electron chi connectivity index (χ4n) is 2.89. The Labute approximate surface area is 128 Å². The van der Waals surface area contributed by atoms with Crippen molar-refractivity contribution in [2.24, 2.45) is 0 Å². The van der Waals surface area contributed by atoms with E-state index in [4.69, 9.17) is 4.52 Å². The maximum Gasteiger partial charge on any atom is 0.259 e. The van der Waals surface area contributed by atoms with Crippen LogP contribution >= 0.6 is 11.3 Å². The van der Waals surface area contributed by atoms with Crippen LogP contribution in [0.25, 0.3) is 0 Å². The van der Waals surface area contributed by atoms with Gasteiger partial charge in [-0.2, -0.15) is 0 Å². The molecule has 0 aromatic carbocycles. The molecular formula is C15H19N3O2S. The van der Waals surface area contributed by atoms with Crippen LogP contribution in [0.3, 0.4) is 0 Å². The monoisotopic (exact) mass is 305 g/mol. The van der Waals surface area contributed by atoms with Crippen LogP contribution in [-0.4, -0.2) is 27.5 Å². The van der Waals surface area contributed by atoms with Gasteiger partial charge in [0.25, 0.3) is 5.91 Å². The van der Waals surface area contributed by atoms with Crippen LogP contribution in [0.4, 0.5) is 0 Å². The summed E-state index contributed by atoms with van der Waals surface area (Å²) in [6.45, 7) is 6.37. The molecule has 1 saturated heterocycles. The topological polar surface area (TPSA) is 59.2 Å². The zero-order valence-corrected chi connectivity index (χ0v) is 13.4. The summed E-state index contributed by atoms with van der Waals surface area (Å²) >= 11 is 1.64. The molecule has 0 saturated carbocycles. The number of carbonyl (C=O) groups excluding carboxylic acids is 1. The number of piperidine rings is 1. The van der Waals surface area contributed by atoms with Gasteiger partial charge < -0.3 is 9.42 Å². The predicted octanol–water partition coefficient (Wildman–Crippen LogP) is 3.42. The summed E-state index contributed by atoms with van der Waals surface area (Å²) < 4.78 is 5.14. The highest BCUT2D eigenvalue weighted by molar-refractivity contribution is 7.09. The van der Waals surface area contributed by atoms with E-state index in [0.717, 1.165) is 36.5 Å². The van der Waals surface area contributed by atoms with Gasteiger partial charge in [0, 0.05) is 17.6 Å². The molecule has 0 N–H and O–H groups in total. The summed E-state index contributed by atoms with van der Waals surface area (Å²) in [5.41, 5.74) is 2.29. The van der Waals surface area contributed by atoms with E-state index < -0.39 is 0 Å². The Morgan fingerprint density at radius 2 is 2.19 bits per heavy atom. The van der Waals surface area contributed by atoms with Crippen molar-refractivity contribution in [2.75, 3.05) is 6.54 Å². The molecule has 1 fully saturated rings. The number of nitrogens with zero attached hydrogens (tertiary/aromatic N) is 3. The zero-order valence-electron chi connectivity index (χ0n) is 12.5. The first-order chi connectivity index (χ1) is 10.1. The minimum atomic E-state index is 0.0174. The fraction of sp³-hybridized carbons (Fsp3) is 0.533. The van der Waals surface area contributed by atoms with Crippen molar-refractivity contribution in [1.82, 2.24) is 15.0 Å². The van der Waals surface area contributed by atoms with E-state index in [2.05, 4.69) is 10.1 Å². The average molecular weight is 305 g/mol. The van der Waals surface area contributed by atoms with Crippen LogP contribution < -0.4 is 0 Å². The summed E-state index contributed by atoms with van der Waals surface area (Å²) in [6, 6.07) is 0.0821. The van der Waals surface area contributed by atoms with Crippen LogP contribution in [0.5, 0.6) is 0 Å². The minimum Gasteiger partial charge on any atom is -0.361 e. The maximum absolute atomic E-state index is 12.9. The second kappa shape index (κ2) is 5.60. The summed E-state index contributed by atoms with van der Waals surface area (Å²) in [7, 11) is 0. The molecule has 21 heavy (non-hydrogen) atoms. The highest BCUT2D eigenvalue weighted by Crippen LogP contribution is 2.34. The van der Waals surface area contributed by atoms with Crippen LogP contribution in [-0.2, 0) is 0 Å². The van der Waals surface area contributed by atoms with Crippen molar-refractivity contribution in [3.8, 4) is 0 Å². The lowest BCUT2D eigenvalue weighted by Crippen LogP contribution is -2.38. The van der Waals surface area contributed by atoms with E-state index in [0.29, 0.717) is 17.0 Å². The van der Waals surface area contributed by atoms with Crippen LogP contribution in [0.15, 0.2) is 9.90 Å². The highest BCUT2D eigenvalue weighted by atomic mass is 32.1. The summed E-state index contributed by atoms with van der Waals surface area (Å²) in [5.74, 6) is 0.612. The van der Waals surface area contributed by atoms with Crippen molar-refractivity contribution in [3.05, 3.63) is 33.1 Å². The van der Waals surface area contributed by atoms with E-state index >= 15 is 0 Å². The number of aromatic nitrogens is 2. The number of aryl methyl sites for hydroxylation is 3. The Bertz CT molecular complexity index is 642. The van der Waals surface area contributed by atoms with E-state index in [1.165, 1.54) is 0 Å². The van der Waals surface area contributed by atoms with Gasteiger partial charge in [-0.05, 0) is 40.0 Å². The van der Waals surface area contributed by atoms with Crippen molar-refractivity contribution in [3.63, 3.8) is 0 Å². The van der Waals surface area contributed by atoms with Gasteiger partial charge >= 0.3 is 0 Å². The molecule has 1 amide bonds. The molecule has 2 aromatic rings. The molecule has 1 aliphatic heterocycles. The van der Waals surface area contributed by atoms with Gasteiger partial charge in [0.1, 0.15) is 16.3 Å². The van der Waals surface area contributed by atoms with E-state index in [9.17, 15) is 4.79 Å². The molecule has 0 bridgehead atoms. The van der Waals surface area contributed by atoms with Crippen LogP contribution in [0.1, 0.15) is 57.8 Å². The Morgan fingerprint density at radius 1 is 1.38 bits per heavy atom.